The highest BCUT2D eigenvalue weighted by atomic mass is 16.6. The fourth-order valence-electron chi connectivity index (χ4n) is 1.62. The third-order valence-electron chi connectivity index (χ3n) is 3.48. The van der Waals surface area contributed by atoms with E-state index in [1.807, 2.05) is 51.8 Å². The molecule has 5 heteroatoms. The Labute approximate surface area is 105 Å². The molecule has 0 bridgehead atoms. The molecule has 0 rings (SSSR count). The van der Waals surface area contributed by atoms with Crippen LogP contribution in [0.3, 0.4) is 0 Å². The number of aliphatic hydroxyl groups is 2. The molecule has 0 spiro atoms. The maximum absolute atomic E-state index is 9.15. The smallest absolute Gasteiger partial charge is 0.122 e. The topological polar surface area (TPSA) is 56.2 Å². The molecule has 0 aromatic heterocycles. The van der Waals surface area contributed by atoms with E-state index in [1.165, 1.54) is 0 Å². The van der Waals surface area contributed by atoms with Crippen molar-refractivity contribution in [3.05, 3.63) is 0 Å². The SMILES string of the molecule is CN(C)C(C)(CCO)OC(C)(CCO)N(C)C. The van der Waals surface area contributed by atoms with Gasteiger partial charge in [0.1, 0.15) is 11.4 Å². The van der Waals surface area contributed by atoms with Crippen LogP contribution in [0.2, 0.25) is 0 Å². The maximum atomic E-state index is 9.15. The summed E-state index contributed by atoms with van der Waals surface area (Å²) in [4.78, 5) is 3.89. The summed E-state index contributed by atoms with van der Waals surface area (Å²) in [6, 6.07) is 0. The molecule has 5 nitrogen and oxygen atoms in total. The Kier molecular flexibility index (Phi) is 6.58. The summed E-state index contributed by atoms with van der Waals surface area (Å²) >= 11 is 0. The zero-order valence-corrected chi connectivity index (χ0v) is 12.0. The fourth-order valence-corrected chi connectivity index (χ4v) is 1.62. The molecule has 0 aromatic rings. The van der Waals surface area contributed by atoms with Crippen molar-refractivity contribution in [2.45, 2.75) is 38.1 Å². The fraction of sp³-hybridized carbons (Fsp3) is 1.00. The van der Waals surface area contributed by atoms with Crippen molar-refractivity contribution >= 4 is 0 Å². The van der Waals surface area contributed by atoms with E-state index in [1.54, 1.807) is 0 Å². The molecule has 0 radical (unpaired) electrons. The molecule has 0 heterocycles. The molecule has 0 fully saturated rings. The van der Waals surface area contributed by atoms with Gasteiger partial charge in [-0.1, -0.05) is 0 Å². The molecule has 2 atom stereocenters. The summed E-state index contributed by atoms with van der Waals surface area (Å²) in [6.07, 6.45) is 1.05. The molecule has 0 amide bonds. The van der Waals surface area contributed by atoms with Gasteiger partial charge >= 0.3 is 0 Å². The first kappa shape index (κ1) is 16.8. The molecule has 2 unspecified atom stereocenters. The zero-order chi connectivity index (χ0) is 13.7. The molecule has 0 saturated heterocycles. The Balaban J connectivity index is 4.92. The summed E-state index contributed by atoms with van der Waals surface area (Å²) in [5.74, 6) is 0. The number of rotatable bonds is 8. The molecule has 0 aliphatic carbocycles. The largest absolute Gasteiger partial charge is 0.396 e. The molecule has 2 N–H and O–H groups in total. The number of hydrogen-bond acceptors (Lipinski definition) is 5. The number of nitrogens with zero attached hydrogens (tertiary/aromatic N) is 2. The average molecular weight is 248 g/mol. The van der Waals surface area contributed by atoms with Gasteiger partial charge in [0.05, 0.1) is 0 Å². The average Bonchev–Trinajstić information content (AvgIpc) is 2.17. The van der Waals surface area contributed by atoms with Gasteiger partial charge in [0.15, 0.2) is 0 Å². The van der Waals surface area contributed by atoms with Crippen molar-refractivity contribution < 1.29 is 14.9 Å². The van der Waals surface area contributed by atoms with E-state index < -0.39 is 11.4 Å². The third-order valence-corrected chi connectivity index (χ3v) is 3.48. The highest BCUT2D eigenvalue weighted by Gasteiger charge is 2.38. The quantitative estimate of drug-likeness (QED) is 0.606. The van der Waals surface area contributed by atoms with Gasteiger partial charge in [-0.15, -0.1) is 0 Å². The molecule has 0 aliphatic heterocycles. The van der Waals surface area contributed by atoms with E-state index in [4.69, 9.17) is 14.9 Å². The Morgan fingerprint density at radius 1 is 0.824 bits per heavy atom. The van der Waals surface area contributed by atoms with E-state index in [2.05, 4.69) is 0 Å². The van der Waals surface area contributed by atoms with Crippen molar-refractivity contribution in [2.24, 2.45) is 0 Å². The Bertz CT molecular complexity index is 202. The van der Waals surface area contributed by atoms with E-state index >= 15 is 0 Å². The molecular formula is C12H28N2O3. The van der Waals surface area contributed by atoms with Crippen molar-refractivity contribution in [1.82, 2.24) is 9.80 Å². The van der Waals surface area contributed by atoms with Gasteiger partial charge in [-0.05, 0) is 42.0 Å². The number of ether oxygens (including phenoxy) is 1. The van der Waals surface area contributed by atoms with Crippen LogP contribution in [0.5, 0.6) is 0 Å². The molecule has 0 saturated carbocycles. The van der Waals surface area contributed by atoms with E-state index in [-0.39, 0.29) is 13.2 Å². The van der Waals surface area contributed by atoms with E-state index in [9.17, 15) is 0 Å². The van der Waals surface area contributed by atoms with Crippen molar-refractivity contribution in [3.63, 3.8) is 0 Å². The summed E-state index contributed by atoms with van der Waals surface area (Å²) in [5.41, 5.74) is -1.11. The van der Waals surface area contributed by atoms with Gasteiger partial charge in [-0.25, -0.2) is 0 Å². The number of hydrogen-bond donors (Lipinski definition) is 2. The van der Waals surface area contributed by atoms with Gasteiger partial charge in [-0.3, -0.25) is 9.80 Å². The van der Waals surface area contributed by atoms with Gasteiger partial charge in [0.2, 0.25) is 0 Å². The molecule has 104 valence electrons. The molecule has 0 aliphatic rings. The van der Waals surface area contributed by atoms with Gasteiger partial charge in [0.25, 0.3) is 0 Å². The first-order valence-electron chi connectivity index (χ1n) is 5.98. The maximum Gasteiger partial charge on any atom is 0.122 e. The van der Waals surface area contributed by atoms with Gasteiger partial charge < -0.3 is 14.9 Å². The molecular weight excluding hydrogens is 220 g/mol. The highest BCUT2D eigenvalue weighted by molar-refractivity contribution is 4.80. The lowest BCUT2D eigenvalue weighted by Gasteiger charge is -2.46. The van der Waals surface area contributed by atoms with Crippen LogP contribution in [0.15, 0.2) is 0 Å². The second-order valence-electron chi connectivity index (χ2n) is 5.19. The highest BCUT2D eigenvalue weighted by Crippen LogP contribution is 2.29. The predicted octanol–water partition coefficient (Wildman–Crippen LogP) is 0.323. The zero-order valence-electron chi connectivity index (χ0n) is 12.0. The van der Waals surface area contributed by atoms with Crippen LogP contribution in [0.25, 0.3) is 0 Å². The standard InChI is InChI=1S/C12H28N2O3/c1-11(7-9-15,13(3)4)17-12(2,8-10-16)14(5)6/h15-16H,7-10H2,1-6H3. The monoisotopic (exact) mass is 248 g/mol. The first-order chi connectivity index (χ1) is 7.72. The summed E-state index contributed by atoms with van der Waals surface area (Å²) in [6.45, 7) is 4.03. The summed E-state index contributed by atoms with van der Waals surface area (Å²) in [7, 11) is 7.69. The lowest BCUT2D eigenvalue weighted by Crippen LogP contribution is -2.56. The van der Waals surface area contributed by atoms with E-state index in [0.717, 1.165) is 0 Å². The minimum atomic E-state index is -0.553. The lowest BCUT2D eigenvalue weighted by atomic mass is 10.1. The van der Waals surface area contributed by atoms with Crippen molar-refractivity contribution in [2.75, 3.05) is 41.4 Å². The minimum Gasteiger partial charge on any atom is -0.396 e. The third kappa shape index (κ3) is 4.52. The molecule has 0 aromatic carbocycles. The first-order valence-corrected chi connectivity index (χ1v) is 5.98. The normalized spacial score (nSPS) is 19.4. The van der Waals surface area contributed by atoms with Crippen LogP contribution in [0.4, 0.5) is 0 Å². The molecule has 17 heavy (non-hydrogen) atoms. The summed E-state index contributed by atoms with van der Waals surface area (Å²) < 4.78 is 6.16. The van der Waals surface area contributed by atoms with Gasteiger partial charge in [-0.2, -0.15) is 0 Å². The van der Waals surface area contributed by atoms with Crippen molar-refractivity contribution in [1.29, 1.82) is 0 Å². The van der Waals surface area contributed by atoms with Crippen LogP contribution < -0.4 is 0 Å². The van der Waals surface area contributed by atoms with Gasteiger partial charge in [0, 0.05) is 26.1 Å². The predicted molar refractivity (Wildman–Crippen MR) is 68.7 cm³/mol. The lowest BCUT2D eigenvalue weighted by molar-refractivity contribution is -0.256. The Morgan fingerprint density at radius 2 is 1.12 bits per heavy atom. The van der Waals surface area contributed by atoms with E-state index in [0.29, 0.717) is 12.8 Å². The van der Waals surface area contributed by atoms with Crippen LogP contribution >= 0.6 is 0 Å². The number of aliphatic hydroxyl groups excluding tert-OH is 2. The minimum absolute atomic E-state index is 0.0668. The summed E-state index contributed by atoms with van der Waals surface area (Å²) in [5, 5.41) is 18.3. The van der Waals surface area contributed by atoms with Crippen LogP contribution in [0.1, 0.15) is 26.7 Å². The van der Waals surface area contributed by atoms with Crippen LogP contribution in [-0.2, 0) is 4.74 Å². The Morgan fingerprint density at radius 3 is 1.29 bits per heavy atom. The second-order valence-corrected chi connectivity index (χ2v) is 5.19. The Hall–Kier alpha value is -0.200. The van der Waals surface area contributed by atoms with Crippen LogP contribution in [-0.4, -0.2) is 72.9 Å². The van der Waals surface area contributed by atoms with Crippen molar-refractivity contribution in [3.8, 4) is 0 Å². The van der Waals surface area contributed by atoms with Crippen LogP contribution in [0, 0.1) is 0 Å². The second kappa shape index (κ2) is 6.66.